The number of anilines is 1. The Hall–Kier alpha value is -2.97. The van der Waals surface area contributed by atoms with Crippen LogP contribution in [0.1, 0.15) is 40.6 Å². The average molecular weight is 452 g/mol. The Balaban J connectivity index is 1.21. The molecule has 1 saturated carbocycles. The second kappa shape index (κ2) is 8.52. The lowest BCUT2D eigenvalue weighted by molar-refractivity contribution is 0.102. The molecule has 1 N–H and O–H groups in total. The van der Waals surface area contributed by atoms with Gasteiger partial charge in [0.05, 0.1) is 17.7 Å². The van der Waals surface area contributed by atoms with Crippen LogP contribution in [0.2, 0.25) is 0 Å². The Bertz CT molecular complexity index is 1220. The first-order valence-corrected chi connectivity index (χ1v) is 12.7. The van der Waals surface area contributed by atoms with E-state index in [0.717, 1.165) is 35.6 Å². The number of carbonyl (C=O) groups is 1. The van der Waals surface area contributed by atoms with Gasteiger partial charge in [-0.2, -0.15) is 0 Å². The molecule has 1 aromatic heterocycles. The summed E-state index contributed by atoms with van der Waals surface area (Å²) in [6.45, 7) is 1.68. The molecule has 0 unspecified atom stereocenters. The number of oxazole rings is 1. The zero-order chi connectivity index (χ0) is 22.1. The van der Waals surface area contributed by atoms with Gasteiger partial charge in [-0.15, -0.1) is 0 Å². The van der Waals surface area contributed by atoms with Crippen molar-refractivity contribution >= 4 is 21.4 Å². The summed E-state index contributed by atoms with van der Waals surface area (Å²) in [7, 11) is -2.90. The molecule has 0 bridgehead atoms. The Morgan fingerprint density at radius 3 is 2.56 bits per heavy atom. The van der Waals surface area contributed by atoms with Gasteiger partial charge in [0.15, 0.2) is 21.5 Å². The Kier molecular flexibility index (Phi) is 5.57. The first kappa shape index (κ1) is 20.9. The van der Waals surface area contributed by atoms with Crippen LogP contribution in [-0.4, -0.2) is 48.8 Å². The molecule has 1 saturated heterocycles. The van der Waals surface area contributed by atoms with Crippen LogP contribution < -0.4 is 5.32 Å². The SMILES string of the molecule is O=C(Nc1ccc(-c2cnc(C3CC3)o2)cc1)c1cccc(CN2CCS(=O)(=O)CC2)c1. The third-order valence-electron chi connectivity index (χ3n) is 5.91. The van der Waals surface area contributed by atoms with Gasteiger partial charge in [0.1, 0.15) is 0 Å². The van der Waals surface area contributed by atoms with Gasteiger partial charge in [-0.1, -0.05) is 12.1 Å². The normalized spacial score (nSPS) is 18.4. The molecule has 166 valence electrons. The zero-order valence-electron chi connectivity index (χ0n) is 17.7. The van der Waals surface area contributed by atoms with Crippen LogP contribution in [0.4, 0.5) is 5.69 Å². The molecule has 1 aliphatic heterocycles. The van der Waals surface area contributed by atoms with E-state index in [2.05, 4.69) is 15.2 Å². The van der Waals surface area contributed by atoms with Crippen molar-refractivity contribution in [2.75, 3.05) is 29.9 Å². The van der Waals surface area contributed by atoms with Gasteiger partial charge in [0, 0.05) is 42.4 Å². The van der Waals surface area contributed by atoms with E-state index in [1.807, 2.05) is 42.5 Å². The molecular formula is C24H25N3O4S. The number of nitrogens with zero attached hydrogens (tertiary/aromatic N) is 2. The van der Waals surface area contributed by atoms with Gasteiger partial charge < -0.3 is 9.73 Å². The highest BCUT2D eigenvalue weighted by Gasteiger charge is 2.28. The molecule has 3 aromatic rings. The Morgan fingerprint density at radius 2 is 1.84 bits per heavy atom. The molecule has 0 spiro atoms. The molecule has 5 rings (SSSR count). The Morgan fingerprint density at radius 1 is 1.09 bits per heavy atom. The van der Waals surface area contributed by atoms with Crippen molar-refractivity contribution < 1.29 is 17.6 Å². The van der Waals surface area contributed by atoms with Gasteiger partial charge in [-0.25, -0.2) is 13.4 Å². The number of sulfone groups is 1. The second-order valence-electron chi connectivity index (χ2n) is 8.50. The molecule has 2 heterocycles. The third-order valence-corrected chi connectivity index (χ3v) is 7.52. The standard InChI is InChI=1S/C24H25N3O4S/c28-23(20-3-1-2-17(14-20)16-27-10-12-32(29,30)13-11-27)26-21-8-6-18(7-9-21)22-15-25-24(31-22)19-4-5-19/h1-3,6-9,14-15,19H,4-5,10-13,16H2,(H,26,28). The predicted molar refractivity (Wildman–Crippen MR) is 122 cm³/mol. The lowest BCUT2D eigenvalue weighted by atomic mass is 10.1. The summed E-state index contributed by atoms with van der Waals surface area (Å²) in [5, 5.41) is 2.93. The van der Waals surface area contributed by atoms with Crippen molar-refractivity contribution in [1.82, 2.24) is 9.88 Å². The smallest absolute Gasteiger partial charge is 0.255 e. The number of hydrogen-bond acceptors (Lipinski definition) is 6. The lowest BCUT2D eigenvalue weighted by Crippen LogP contribution is -2.39. The van der Waals surface area contributed by atoms with Gasteiger partial charge in [0.25, 0.3) is 5.91 Å². The molecule has 2 aromatic carbocycles. The molecule has 1 amide bonds. The van der Waals surface area contributed by atoms with Crippen molar-refractivity contribution in [3.63, 3.8) is 0 Å². The highest BCUT2D eigenvalue weighted by atomic mass is 32.2. The quantitative estimate of drug-likeness (QED) is 0.614. The number of rotatable bonds is 6. The topological polar surface area (TPSA) is 92.5 Å². The van der Waals surface area contributed by atoms with E-state index in [4.69, 9.17) is 4.42 Å². The van der Waals surface area contributed by atoms with Crippen LogP contribution in [0.5, 0.6) is 0 Å². The molecule has 8 heteroatoms. The fourth-order valence-corrected chi connectivity index (χ4v) is 5.12. The highest BCUT2D eigenvalue weighted by Crippen LogP contribution is 2.40. The largest absolute Gasteiger partial charge is 0.440 e. The number of hydrogen-bond donors (Lipinski definition) is 1. The molecule has 2 fully saturated rings. The summed E-state index contributed by atoms with van der Waals surface area (Å²) in [4.78, 5) is 19.2. The first-order chi connectivity index (χ1) is 15.4. The van der Waals surface area contributed by atoms with Crippen LogP contribution in [0, 0.1) is 0 Å². The molecular weight excluding hydrogens is 426 g/mol. The van der Waals surface area contributed by atoms with E-state index in [0.29, 0.717) is 36.8 Å². The molecule has 2 aliphatic rings. The summed E-state index contributed by atoms with van der Waals surface area (Å²) >= 11 is 0. The highest BCUT2D eigenvalue weighted by molar-refractivity contribution is 7.91. The van der Waals surface area contributed by atoms with Crippen molar-refractivity contribution in [3.05, 3.63) is 71.7 Å². The van der Waals surface area contributed by atoms with E-state index >= 15 is 0 Å². The number of benzene rings is 2. The van der Waals surface area contributed by atoms with E-state index in [1.165, 1.54) is 0 Å². The maximum absolute atomic E-state index is 12.8. The van der Waals surface area contributed by atoms with Crippen molar-refractivity contribution in [1.29, 1.82) is 0 Å². The molecule has 7 nitrogen and oxygen atoms in total. The average Bonchev–Trinajstić information content (AvgIpc) is 3.53. The molecule has 1 aliphatic carbocycles. The Labute approximate surface area is 187 Å². The summed E-state index contributed by atoms with van der Waals surface area (Å²) in [5.74, 6) is 2.22. The minimum atomic E-state index is -2.90. The van der Waals surface area contributed by atoms with Crippen LogP contribution in [-0.2, 0) is 16.4 Å². The zero-order valence-corrected chi connectivity index (χ0v) is 18.5. The molecule has 0 atom stereocenters. The summed E-state index contributed by atoms with van der Waals surface area (Å²) < 4.78 is 29.1. The maximum Gasteiger partial charge on any atom is 0.255 e. The van der Waals surface area contributed by atoms with Gasteiger partial charge in [0.2, 0.25) is 0 Å². The van der Waals surface area contributed by atoms with Crippen molar-refractivity contribution in [2.45, 2.75) is 25.3 Å². The fourth-order valence-electron chi connectivity index (χ4n) is 3.84. The minimum absolute atomic E-state index is 0.184. The monoisotopic (exact) mass is 451 g/mol. The first-order valence-electron chi connectivity index (χ1n) is 10.8. The van der Waals surface area contributed by atoms with Gasteiger partial charge in [-0.3, -0.25) is 9.69 Å². The minimum Gasteiger partial charge on any atom is -0.440 e. The summed E-state index contributed by atoms with van der Waals surface area (Å²) in [5.41, 5.74) is 3.19. The van der Waals surface area contributed by atoms with E-state index in [-0.39, 0.29) is 17.4 Å². The number of carbonyl (C=O) groups excluding carboxylic acids is 1. The predicted octanol–water partition coefficient (Wildman–Crippen LogP) is 3.70. The lowest BCUT2D eigenvalue weighted by Gasteiger charge is -2.26. The van der Waals surface area contributed by atoms with E-state index in [1.54, 1.807) is 12.3 Å². The van der Waals surface area contributed by atoms with Crippen molar-refractivity contribution in [2.24, 2.45) is 0 Å². The van der Waals surface area contributed by atoms with Gasteiger partial charge in [-0.05, 0) is 54.8 Å². The number of amides is 1. The van der Waals surface area contributed by atoms with Crippen LogP contribution in [0.15, 0.2) is 59.1 Å². The number of nitrogens with one attached hydrogen (secondary N) is 1. The summed E-state index contributed by atoms with van der Waals surface area (Å²) in [6.07, 6.45) is 4.04. The third kappa shape index (κ3) is 4.92. The maximum atomic E-state index is 12.8. The van der Waals surface area contributed by atoms with E-state index < -0.39 is 9.84 Å². The van der Waals surface area contributed by atoms with Crippen LogP contribution in [0.25, 0.3) is 11.3 Å². The van der Waals surface area contributed by atoms with Crippen LogP contribution in [0.3, 0.4) is 0 Å². The van der Waals surface area contributed by atoms with Crippen LogP contribution >= 0.6 is 0 Å². The summed E-state index contributed by atoms with van der Waals surface area (Å²) in [6, 6.07) is 15.0. The van der Waals surface area contributed by atoms with Gasteiger partial charge >= 0.3 is 0 Å². The second-order valence-corrected chi connectivity index (χ2v) is 10.8. The fraction of sp³-hybridized carbons (Fsp3) is 0.333. The molecule has 32 heavy (non-hydrogen) atoms. The molecule has 0 radical (unpaired) electrons. The number of aromatic nitrogens is 1. The van der Waals surface area contributed by atoms with Crippen molar-refractivity contribution in [3.8, 4) is 11.3 Å². The van der Waals surface area contributed by atoms with E-state index in [9.17, 15) is 13.2 Å².